The molecule has 0 aliphatic heterocycles. The molecule has 1 saturated carbocycles. The molecule has 1 aromatic rings. The van der Waals surface area contributed by atoms with Gasteiger partial charge in [0.15, 0.2) is 0 Å². The van der Waals surface area contributed by atoms with Crippen LogP contribution in [0.5, 0.6) is 0 Å². The van der Waals surface area contributed by atoms with Gasteiger partial charge in [-0.05, 0) is 57.2 Å². The zero-order chi connectivity index (χ0) is 14.7. The second kappa shape index (κ2) is 6.66. The average Bonchev–Trinajstić information content (AvgIpc) is 2.43. The molecule has 20 heavy (non-hydrogen) atoms. The molecule has 0 spiro atoms. The van der Waals surface area contributed by atoms with Gasteiger partial charge in [-0.2, -0.15) is 0 Å². The highest BCUT2D eigenvalue weighted by atomic mass is 19.1. The zero-order valence-corrected chi connectivity index (χ0v) is 12.7. The topological polar surface area (TPSA) is 12.0 Å². The highest BCUT2D eigenvalue weighted by molar-refractivity contribution is 5.27. The average molecular weight is 281 g/mol. The van der Waals surface area contributed by atoms with Gasteiger partial charge in [-0.1, -0.05) is 19.3 Å². The maximum Gasteiger partial charge on any atom is 0.128 e. The van der Waals surface area contributed by atoms with Crippen LogP contribution in [0.1, 0.15) is 63.1 Å². The Morgan fingerprint density at radius 3 is 2.35 bits per heavy atom. The molecule has 0 bridgehead atoms. The monoisotopic (exact) mass is 281 g/mol. The molecule has 2 atom stereocenters. The Hall–Kier alpha value is -0.960. The summed E-state index contributed by atoms with van der Waals surface area (Å²) in [5.41, 5.74) is 0.787. The van der Waals surface area contributed by atoms with E-state index in [4.69, 9.17) is 0 Å². The summed E-state index contributed by atoms with van der Waals surface area (Å²) < 4.78 is 27.6. The maximum atomic E-state index is 14.0. The minimum atomic E-state index is -0.333. The molecular formula is C17H25F2N. The summed E-state index contributed by atoms with van der Waals surface area (Å²) in [6.45, 7) is 5.66. The minimum absolute atomic E-state index is 0.165. The molecular weight excluding hydrogens is 256 g/mol. The van der Waals surface area contributed by atoms with Crippen molar-refractivity contribution >= 4 is 0 Å². The minimum Gasteiger partial charge on any atom is -0.307 e. The van der Waals surface area contributed by atoms with Gasteiger partial charge in [-0.15, -0.1) is 0 Å². The fourth-order valence-electron chi connectivity index (χ4n) is 3.25. The Morgan fingerprint density at radius 2 is 1.70 bits per heavy atom. The lowest BCUT2D eigenvalue weighted by atomic mass is 9.84. The van der Waals surface area contributed by atoms with E-state index in [2.05, 4.69) is 12.2 Å². The molecule has 2 rings (SSSR count). The lowest BCUT2D eigenvalue weighted by molar-refractivity contribution is 0.267. The predicted octanol–water partition coefficient (Wildman–Crippen LogP) is 4.89. The third-order valence-corrected chi connectivity index (χ3v) is 4.61. The molecule has 1 nitrogen and oxygen atoms in total. The number of halogens is 2. The van der Waals surface area contributed by atoms with Crippen molar-refractivity contribution in [2.24, 2.45) is 5.92 Å². The van der Waals surface area contributed by atoms with E-state index in [0.717, 1.165) is 0 Å². The van der Waals surface area contributed by atoms with Crippen molar-refractivity contribution < 1.29 is 8.78 Å². The SMILES string of the molecule is Cc1cc(F)c(C(C)N[C@H](C)C2CCCCC2)cc1F. The molecule has 1 aliphatic carbocycles. The van der Waals surface area contributed by atoms with Gasteiger partial charge in [0.05, 0.1) is 0 Å². The van der Waals surface area contributed by atoms with Crippen molar-refractivity contribution in [1.29, 1.82) is 0 Å². The molecule has 1 aliphatic rings. The summed E-state index contributed by atoms with van der Waals surface area (Å²) in [7, 11) is 0. The lowest BCUT2D eigenvalue weighted by Crippen LogP contribution is -2.36. The van der Waals surface area contributed by atoms with E-state index >= 15 is 0 Å². The van der Waals surface area contributed by atoms with Crippen LogP contribution in [0.2, 0.25) is 0 Å². The van der Waals surface area contributed by atoms with E-state index in [-0.39, 0.29) is 17.7 Å². The fraction of sp³-hybridized carbons (Fsp3) is 0.647. The Labute approximate surface area is 120 Å². The maximum absolute atomic E-state index is 14.0. The molecule has 1 fully saturated rings. The summed E-state index contributed by atoms with van der Waals surface area (Å²) in [5, 5.41) is 3.45. The normalized spacial score (nSPS) is 19.9. The van der Waals surface area contributed by atoms with Crippen LogP contribution in [-0.2, 0) is 0 Å². The third-order valence-electron chi connectivity index (χ3n) is 4.61. The van der Waals surface area contributed by atoms with Gasteiger partial charge in [0.25, 0.3) is 0 Å². The number of aryl methyl sites for hydroxylation is 1. The quantitative estimate of drug-likeness (QED) is 0.828. The largest absolute Gasteiger partial charge is 0.307 e. The molecule has 1 aromatic carbocycles. The number of benzene rings is 1. The molecule has 112 valence electrons. The molecule has 0 saturated heterocycles. The van der Waals surface area contributed by atoms with E-state index in [1.807, 2.05) is 6.92 Å². The van der Waals surface area contributed by atoms with Crippen molar-refractivity contribution in [3.8, 4) is 0 Å². The number of hydrogen-bond acceptors (Lipinski definition) is 1. The summed E-state index contributed by atoms with van der Waals surface area (Å²) in [4.78, 5) is 0. The Kier molecular flexibility index (Phi) is 5.14. The highest BCUT2D eigenvalue weighted by Gasteiger charge is 2.22. The van der Waals surface area contributed by atoms with Crippen LogP contribution in [0.25, 0.3) is 0 Å². The van der Waals surface area contributed by atoms with Gasteiger partial charge in [0.1, 0.15) is 11.6 Å². The third kappa shape index (κ3) is 3.57. The summed E-state index contributed by atoms with van der Waals surface area (Å²) in [6.07, 6.45) is 6.39. The second-order valence-corrected chi connectivity index (χ2v) is 6.20. The van der Waals surface area contributed by atoms with E-state index in [1.165, 1.54) is 44.2 Å². The van der Waals surface area contributed by atoms with Gasteiger partial charge in [-0.3, -0.25) is 0 Å². The Morgan fingerprint density at radius 1 is 1.05 bits per heavy atom. The van der Waals surface area contributed by atoms with Crippen LogP contribution in [0.3, 0.4) is 0 Å². The molecule has 1 unspecified atom stereocenters. The van der Waals surface area contributed by atoms with E-state index in [1.54, 1.807) is 6.92 Å². The van der Waals surface area contributed by atoms with Gasteiger partial charge in [0, 0.05) is 17.6 Å². The van der Waals surface area contributed by atoms with Crippen LogP contribution in [0.4, 0.5) is 8.78 Å². The summed E-state index contributed by atoms with van der Waals surface area (Å²) in [6, 6.07) is 2.79. The number of rotatable bonds is 4. The lowest BCUT2D eigenvalue weighted by Gasteiger charge is -2.31. The Bertz CT molecular complexity index is 453. The van der Waals surface area contributed by atoms with Crippen molar-refractivity contribution in [3.05, 3.63) is 34.9 Å². The van der Waals surface area contributed by atoms with Gasteiger partial charge >= 0.3 is 0 Å². The standard InChI is InChI=1S/C17H25F2N/c1-11-9-17(19)15(10-16(11)18)13(3)20-12(2)14-7-5-4-6-8-14/h9-10,12-14,20H,4-8H2,1-3H3/t12-,13?/m1/s1. The van der Waals surface area contributed by atoms with Crippen LogP contribution in [0.15, 0.2) is 12.1 Å². The van der Waals surface area contributed by atoms with E-state index < -0.39 is 0 Å². The van der Waals surface area contributed by atoms with Gasteiger partial charge in [-0.25, -0.2) is 8.78 Å². The predicted molar refractivity (Wildman–Crippen MR) is 78.7 cm³/mol. The molecule has 0 heterocycles. The van der Waals surface area contributed by atoms with Crippen molar-refractivity contribution in [2.45, 2.75) is 65.0 Å². The first-order valence-electron chi connectivity index (χ1n) is 7.70. The van der Waals surface area contributed by atoms with Crippen LogP contribution in [0, 0.1) is 24.5 Å². The zero-order valence-electron chi connectivity index (χ0n) is 12.7. The van der Waals surface area contributed by atoms with Crippen LogP contribution in [-0.4, -0.2) is 6.04 Å². The number of hydrogen-bond donors (Lipinski definition) is 1. The molecule has 0 radical (unpaired) electrons. The first-order chi connectivity index (χ1) is 9.49. The summed E-state index contributed by atoms with van der Waals surface area (Å²) in [5.74, 6) is 0.00432. The van der Waals surface area contributed by atoms with E-state index in [0.29, 0.717) is 23.1 Å². The highest BCUT2D eigenvalue weighted by Crippen LogP contribution is 2.28. The van der Waals surface area contributed by atoms with Crippen molar-refractivity contribution in [1.82, 2.24) is 5.32 Å². The van der Waals surface area contributed by atoms with Crippen LogP contribution >= 0.6 is 0 Å². The number of nitrogens with one attached hydrogen (secondary N) is 1. The van der Waals surface area contributed by atoms with E-state index in [9.17, 15) is 8.78 Å². The first-order valence-corrected chi connectivity index (χ1v) is 7.70. The van der Waals surface area contributed by atoms with Gasteiger partial charge < -0.3 is 5.32 Å². The van der Waals surface area contributed by atoms with Gasteiger partial charge in [0.2, 0.25) is 0 Å². The van der Waals surface area contributed by atoms with Crippen molar-refractivity contribution in [2.75, 3.05) is 0 Å². The van der Waals surface area contributed by atoms with Crippen LogP contribution < -0.4 is 5.32 Å². The molecule has 1 N–H and O–H groups in total. The smallest absolute Gasteiger partial charge is 0.128 e. The summed E-state index contributed by atoms with van der Waals surface area (Å²) >= 11 is 0. The Balaban J connectivity index is 2.03. The fourth-order valence-corrected chi connectivity index (χ4v) is 3.25. The molecule has 3 heteroatoms. The van der Waals surface area contributed by atoms with Crippen molar-refractivity contribution in [3.63, 3.8) is 0 Å². The second-order valence-electron chi connectivity index (χ2n) is 6.20. The molecule has 0 aromatic heterocycles. The molecule has 0 amide bonds. The first kappa shape index (κ1) is 15.4.